The molecule has 19 heavy (non-hydrogen) atoms. The zero-order valence-electron chi connectivity index (χ0n) is 10.4. The Kier molecular flexibility index (Phi) is 3.40. The van der Waals surface area contributed by atoms with E-state index in [1.807, 2.05) is 6.07 Å². The summed E-state index contributed by atoms with van der Waals surface area (Å²) in [7, 11) is 0. The Morgan fingerprint density at radius 3 is 2.79 bits per heavy atom. The largest absolute Gasteiger partial charge is 0.392 e. The second-order valence-electron chi connectivity index (χ2n) is 4.84. The fourth-order valence-electron chi connectivity index (χ4n) is 2.27. The van der Waals surface area contributed by atoms with Crippen molar-refractivity contribution in [1.29, 1.82) is 0 Å². The molecule has 0 spiro atoms. The maximum Gasteiger partial charge on any atom is 0.145 e. The van der Waals surface area contributed by atoms with Crippen molar-refractivity contribution >= 4 is 17.4 Å². The van der Waals surface area contributed by atoms with Crippen LogP contribution in [0.5, 0.6) is 0 Å². The van der Waals surface area contributed by atoms with E-state index in [2.05, 4.69) is 34.6 Å². The second kappa shape index (κ2) is 5.19. The van der Waals surface area contributed by atoms with Gasteiger partial charge in [0.15, 0.2) is 0 Å². The van der Waals surface area contributed by atoms with E-state index in [1.54, 1.807) is 12.3 Å². The van der Waals surface area contributed by atoms with Crippen LogP contribution in [0.15, 0.2) is 42.6 Å². The van der Waals surface area contributed by atoms with E-state index in [1.165, 1.54) is 5.56 Å². The van der Waals surface area contributed by atoms with Gasteiger partial charge in [0, 0.05) is 18.2 Å². The smallest absolute Gasteiger partial charge is 0.145 e. The lowest BCUT2D eigenvalue weighted by Gasteiger charge is -2.08. The number of pyridine rings is 1. The number of hydrogen-bond donors (Lipinski definition) is 2. The Balaban J connectivity index is 1.68. The Morgan fingerprint density at radius 2 is 2.11 bits per heavy atom. The van der Waals surface area contributed by atoms with Crippen LogP contribution in [-0.4, -0.2) is 16.1 Å². The van der Waals surface area contributed by atoms with Crippen LogP contribution >= 0.6 is 11.6 Å². The van der Waals surface area contributed by atoms with Crippen molar-refractivity contribution in [2.24, 2.45) is 0 Å². The lowest BCUT2D eigenvalue weighted by Crippen LogP contribution is -2.06. The van der Waals surface area contributed by atoms with Gasteiger partial charge >= 0.3 is 0 Å². The van der Waals surface area contributed by atoms with Crippen LogP contribution in [0.25, 0.3) is 0 Å². The molecule has 3 rings (SSSR count). The predicted molar refractivity (Wildman–Crippen MR) is 76.4 cm³/mol. The highest BCUT2D eigenvalue weighted by Crippen LogP contribution is 2.43. The molecule has 98 valence electrons. The minimum Gasteiger partial charge on any atom is -0.392 e. The molecule has 0 amide bonds. The summed E-state index contributed by atoms with van der Waals surface area (Å²) in [5.74, 6) is 1.24. The van der Waals surface area contributed by atoms with Gasteiger partial charge < -0.3 is 10.4 Å². The zero-order valence-corrected chi connectivity index (χ0v) is 11.1. The van der Waals surface area contributed by atoms with Crippen molar-refractivity contribution in [3.05, 3.63) is 58.7 Å². The monoisotopic (exact) mass is 274 g/mol. The number of aliphatic hydroxyl groups excluding tert-OH is 1. The summed E-state index contributed by atoms with van der Waals surface area (Å²) in [5.41, 5.74) is 2.08. The van der Waals surface area contributed by atoms with E-state index >= 15 is 0 Å². The summed E-state index contributed by atoms with van der Waals surface area (Å²) in [6, 6.07) is 12.6. The first-order chi connectivity index (χ1) is 9.28. The molecule has 1 aromatic carbocycles. The Morgan fingerprint density at radius 1 is 1.32 bits per heavy atom. The van der Waals surface area contributed by atoms with Gasteiger partial charge in [0.05, 0.1) is 11.6 Å². The molecule has 0 unspecified atom stereocenters. The highest BCUT2D eigenvalue weighted by atomic mass is 35.5. The minimum atomic E-state index is -0.0386. The van der Waals surface area contributed by atoms with Crippen molar-refractivity contribution in [3.63, 3.8) is 0 Å². The van der Waals surface area contributed by atoms with Crippen LogP contribution < -0.4 is 5.32 Å². The van der Waals surface area contributed by atoms with Gasteiger partial charge in [0.2, 0.25) is 0 Å². The third kappa shape index (κ3) is 2.72. The highest BCUT2D eigenvalue weighted by molar-refractivity contribution is 6.33. The third-order valence-electron chi connectivity index (χ3n) is 3.42. The number of aliphatic hydroxyl groups is 1. The van der Waals surface area contributed by atoms with Gasteiger partial charge in [-0.05, 0) is 23.6 Å². The molecule has 1 aromatic heterocycles. The Bertz CT molecular complexity index is 574. The standard InChI is InChI=1S/C15H15ClN2O/c16-13-6-10(9-19)8-17-15(13)18-14-7-12(14)11-4-2-1-3-5-11/h1-6,8,12,14,19H,7,9H2,(H,17,18)/t12-,14+/m1/s1. The highest BCUT2D eigenvalue weighted by Gasteiger charge is 2.38. The van der Waals surface area contributed by atoms with Crippen molar-refractivity contribution in [3.8, 4) is 0 Å². The van der Waals surface area contributed by atoms with Crippen molar-refractivity contribution < 1.29 is 5.11 Å². The van der Waals surface area contributed by atoms with E-state index in [4.69, 9.17) is 16.7 Å². The van der Waals surface area contributed by atoms with Gasteiger partial charge in [-0.15, -0.1) is 0 Å². The van der Waals surface area contributed by atoms with E-state index in [-0.39, 0.29) is 6.61 Å². The van der Waals surface area contributed by atoms with Crippen molar-refractivity contribution in [1.82, 2.24) is 4.98 Å². The van der Waals surface area contributed by atoms with E-state index in [9.17, 15) is 0 Å². The molecule has 1 saturated carbocycles. The molecule has 0 aliphatic heterocycles. The van der Waals surface area contributed by atoms with Gasteiger partial charge in [0.25, 0.3) is 0 Å². The maximum atomic E-state index is 9.02. The molecule has 0 bridgehead atoms. The molecule has 0 saturated heterocycles. The normalized spacial score (nSPS) is 21.2. The molecular weight excluding hydrogens is 260 g/mol. The first-order valence-electron chi connectivity index (χ1n) is 6.34. The molecule has 1 heterocycles. The first kappa shape index (κ1) is 12.5. The van der Waals surface area contributed by atoms with E-state index in [0.717, 1.165) is 12.0 Å². The van der Waals surface area contributed by atoms with Crippen LogP contribution in [0.2, 0.25) is 5.02 Å². The lowest BCUT2D eigenvalue weighted by molar-refractivity contribution is 0.281. The summed E-state index contributed by atoms with van der Waals surface area (Å²) in [4.78, 5) is 4.25. The molecule has 2 N–H and O–H groups in total. The first-order valence-corrected chi connectivity index (χ1v) is 6.72. The van der Waals surface area contributed by atoms with Gasteiger partial charge in [-0.2, -0.15) is 0 Å². The number of halogens is 1. The van der Waals surface area contributed by atoms with Gasteiger partial charge in [-0.1, -0.05) is 41.9 Å². The number of nitrogens with one attached hydrogen (secondary N) is 1. The molecule has 3 nitrogen and oxygen atoms in total. The summed E-state index contributed by atoms with van der Waals surface area (Å²) >= 11 is 6.14. The number of benzene rings is 1. The number of aromatic nitrogens is 1. The molecule has 4 heteroatoms. The van der Waals surface area contributed by atoms with Gasteiger partial charge in [-0.25, -0.2) is 4.98 Å². The summed E-state index contributed by atoms with van der Waals surface area (Å²) in [6.45, 7) is -0.0386. The minimum absolute atomic E-state index is 0.0386. The topological polar surface area (TPSA) is 45.2 Å². The van der Waals surface area contributed by atoms with E-state index < -0.39 is 0 Å². The van der Waals surface area contributed by atoms with Crippen LogP contribution in [0, 0.1) is 0 Å². The summed E-state index contributed by atoms with van der Waals surface area (Å²) < 4.78 is 0. The molecule has 1 fully saturated rings. The van der Waals surface area contributed by atoms with Crippen LogP contribution in [-0.2, 0) is 6.61 Å². The lowest BCUT2D eigenvalue weighted by atomic mass is 10.1. The molecule has 2 aromatic rings. The van der Waals surface area contributed by atoms with Gasteiger partial charge in [-0.3, -0.25) is 0 Å². The van der Waals surface area contributed by atoms with Gasteiger partial charge in [0.1, 0.15) is 5.82 Å². The number of anilines is 1. The van der Waals surface area contributed by atoms with Crippen LogP contribution in [0.3, 0.4) is 0 Å². The SMILES string of the molecule is OCc1cnc(N[C@H]2C[C@@H]2c2ccccc2)c(Cl)c1. The van der Waals surface area contributed by atoms with E-state index in [0.29, 0.717) is 22.8 Å². The number of hydrogen-bond acceptors (Lipinski definition) is 3. The Hall–Kier alpha value is -1.58. The summed E-state index contributed by atoms with van der Waals surface area (Å²) in [5, 5.41) is 12.9. The summed E-state index contributed by atoms with van der Waals surface area (Å²) in [6.07, 6.45) is 2.75. The molecule has 0 radical (unpaired) electrons. The molecular formula is C15H15ClN2O. The predicted octanol–water partition coefficient (Wildman–Crippen LogP) is 3.20. The average Bonchev–Trinajstić information content (AvgIpc) is 3.21. The third-order valence-corrected chi connectivity index (χ3v) is 3.71. The maximum absolute atomic E-state index is 9.02. The zero-order chi connectivity index (χ0) is 13.2. The average molecular weight is 275 g/mol. The molecule has 1 aliphatic carbocycles. The fourth-order valence-corrected chi connectivity index (χ4v) is 2.51. The van der Waals surface area contributed by atoms with Crippen molar-refractivity contribution in [2.75, 3.05) is 5.32 Å². The number of rotatable bonds is 4. The fraction of sp³-hybridized carbons (Fsp3) is 0.267. The quantitative estimate of drug-likeness (QED) is 0.900. The molecule has 2 atom stereocenters. The van der Waals surface area contributed by atoms with Crippen LogP contribution in [0.4, 0.5) is 5.82 Å². The molecule has 1 aliphatic rings. The van der Waals surface area contributed by atoms with Crippen LogP contribution in [0.1, 0.15) is 23.5 Å². The second-order valence-corrected chi connectivity index (χ2v) is 5.24. The number of nitrogens with zero attached hydrogens (tertiary/aromatic N) is 1. The Labute approximate surface area is 117 Å². The van der Waals surface area contributed by atoms with Crippen molar-refractivity contribution in [2.45, 2.75) is 25.0 Å².